The highest BCUT2D eigenvalue weighted by Gasteiger charge is 2.33. The predicted octanol–water partition coefficient (Wildman–Crippen LogP) is 2.81. The van der Waals surface area contributed by atoms with Gasteiger partial charge in [-0.2, -0.15) is 0 Å². The number of anilines is 1. The summed E-state index contributed by atoms with van der Waals surface area (Å²) < 4.78 is 0. The zero-order valence-electron chi connectivity index (χ0n) is 14.1. The second kappa shape index (κ2) is 7.25. The zero-order valence-corrected chi connectivity index (χ0v) is 14.1. The molecule has 1 saturated heterocycles. The molecular formula is C18H29N3O. The lowest BCUT2D eigenvalue weighted by atomic mass is 9.90. The Hall–Kier alpha value is -1.39. The van der Waals surface area contributed by atoms with E-state index in [4.69, 9.17) is 5.73 Å². The molecule has 4 heteroatoms. The van der Waals surface area contributed by atoms with Gasteiger partial charge in [-0.1, -0.05) is 32.9 Å². The Morgan fingerprint density at radius 1 is 1.41 bits per heavy atom. The number of hydrogen-bond acceptors (Lipinski definition) is 3. The van der Waals surface area contributed by atoms with E-state index in [2.05, 4.69) is 43.1 Å². The van der Waals surface area contributed by atoms with Crippen LogP contribution in [0.2, 0.25) is 0 Å². The van der Waals surface area contributed by atoms with Crippen LogP contribution in [0.25, 0.3) is 0 Å². The first kappa shape index (κ1) is 17.0. The molecule has 1 amide bonds. The minimum Gasteiger partial charge on any atom is -0.330 e. The van der Waals surface area contributed by atoms with E-state index in [9.17, 15) is 4.79 Å². The number of benzene rings is 1. The number of carbonyl (C=O) groups is 1. The Morgan fingerprint density at radius 2 is 2.09 bits per heavy atom. The van der Waals surface area contributed by atoms with Crippen molar-refractivity contribution in [3.63, 3.8) is 0 Å². The van der Waals surface area contributed by atoms with Crippen LogP contribution in [0.3, 0.4) is 0 Å². The Balaban J connectivity index is 1.85. The Kier molecular flexibility index (Phi) is 5.59. The summed E-state index contributed by atoms with van der Waals surface area (Å²) in [7, 11) is 0. The van der Waals surface area contributed by atoms with Crippen LogP contribution in [-0.4, -0.2) is 37.0 Å². The summed E-state index contributed by atoms with van der Waals surface area (Å²) in [4.78, 5) is 14.3. The second-order valence-electron chi connectivity index (χ2n) is 6.95. The van der Waals surface area contributed by atoms with Crippen molar-refractivity contribution in [3.8, 4) is 0 Å². The van der Waals surface area contributed by atoms with Gasteiger partial charge in [-0.15, -0.1) is 0 Å². The summed E-state index contributed by atoms with van der Waals surface area (Å²) in [5.74, 6) is 0.612. The minimum absolute atomic E-state index is 0.0533. The summed E-state index contributed by atoms with van der Waals surface area (Å²) in [6.07, 6.45) is 2.20. The van der Waals surface area contributed by atoms with Gasteiger partial charge in [0.25, 0.3) is 0 Å². The van der Waals surface area contributed by atoms with E-state index in [1.54, 1.807) is 0 Å². The third-order valence-corrected chi connectivity index (χ3v) is 4.87. The van der Waals surface area contributed by atoms with Gasteiger partial charge in [-0.05, 0) is 55.0 Å². The zero-order chi connectivity index (χ0) is 16.2. The van der Waals surface area contributed by atoms with Gasteiger partial charge in [-0.3, -0.25) is 9.69 Å². The molecular weight excluding hydrogens is 274 g/mol. The van der Waals surface area contributed by atoms with E-state index < -0.39 is 0 Å². The summed E-state index contributed by atoms with van der Waals surface area (Å²) in [6, 6.07) is 8.19. The van der Waals surface area contributed by atoms with Gasteiger partial charge in [0.15, 0.2) is 0 Å². The van der Waals surface area contributed by atoms with Gasteiger partial charge in [0.1, 0.15) is 0 Å². The minimum atomic E-state index is 0.0533. The highest BCUT2D eigenvalue weighted by Crippen LogP contribution is 2.28. The summed E-state index contributed by atoms with van der Waals surface area (Å²) >= 11 is 0. The number of nitrogens with two attached hydrogens (primary N) is 1. The van der Waals surface area contributed by atoms with Crippen LogP contribution in [0.1, 0.15) is 45.1 Å². The molecule has 2 rings (SSSR count). The van der Waals surface area contributed by atoms with Gasteiger partial charge >= 0.3 is 0 Å². The number of likely N-dealkylation sites (tertiary alicyclic amines) is 1. The summed E-state index contributed by atoms with van der Waals surface area (Å²) in [6.45, 7) is 9.59. The second-order valence-corrected chi connectivity index (χ2v) is 6.95. The van der Waals surface area contributed by atoms with Gasteiger partial charge in [0, 0.05) is 12.2 Å². The van der Waals surface area contributed by atoms with E-state index in [0.717, 1.165) is 31.6 Å². The van der Waals surface area contributed by atoms with Crippen molar-refractivity contribution in [2.45, 2.75) is 39.5 Å². The lowest BCUT2D eigenvalue weighted by Gasteiger charge is -2.22. The molecule has 122 valence electrons. The molecule has 3 N–H and O–H groups in total. The number of carbonyl (C=O) groups excluding carboxylic acids is 1. The van der Waals surface area contributed by atoms with Crippen molar-refractivity contribution < 1.29 is 4.79 Å². The number of nitrogens with one attached hydrogen (secondary N) is 1. The SMILES string of the molecule is CCC(C)c1ccc(NC(=O)CN2CCC(C)(CN)C2)cc1. The molecule has 22 heavy (non-hydrogen) atoms. The molecule has 1 aromatic rings. The normalized spacial score (nSPS) is 23.5. The van der Waals surface area contributed by atoms with E-state index in [0.29, 0.717) is 19.0 Å². The van der Waals surface area contributed by atoms with Gasteiger partial charge in [0.05, 0.1) is 6.54 Å². The number of rotatable bonds is 6. The predicted molar refractivity (Wildman–Crippen MR) is 92.0 cm³/mol. The first-order chi connectivity index (χ1) is 10.5. The molecule has 0 aromatic heterocycles. The molecule has 1 heterocycles. The Bertz CT molecular complexity index is 500. The molecule has 0 aliphatic carbocycles. The third-order valence-electron chi connectivity index (χ3n) is 4.87. The quantitative estimate of drug-likeness (QED) is 0.849. The fraction of sp³-hybridized carbons (Fsp3) is 0.611. The highest BCUT2D eigenvalue weighted by atomic mass is 16.2. The topological polar surface area (TPSA) is 58.4 Å². The maximum absolute atomic E-state index is 12.2. The lowest BCUT2D eigenvalue weighted by molar-refractivity contribution is -0.117. The first-order valence-corrected chi connectivity index (χ1v) is 8.28. The van der Waals surface area contributed by atoms with Crippen LogP contribution in [0, 0.1) is 5.41 Å². The smallest absolute Gasteiger partial charge is 0.238 e. The van der Waals surface area contributed by atoms with Crippen molar-refractivity contribution in [3.05, 3.63) is 29.8 Å². The van der Waals surface area contributed by atoms with E-state index in [-0.39, 0.29) is 11.3 Å². The fourth-order valence-corrected chi connectivity index (χ4v) is 2.96. The molecule has 1 aromatic carbocycles. The van der Waals surface area contributed by atoms with Gasteiger partial charge in [0.2, 0.25) is 5.91 Å². The maximum Gasteiger partial charge on any atom is 0.238 e. The van der Waals surface area contributed by atoms with Crippen molar-refractivity contribution in [2.75, 3.05) is 31.5 Å². The standard InChI is InChI=1S/C18H29N3O/c1-4-14(2)15-5-7-16(8-6-15)20-17(22)11-21-10-9-18(3,12-19)13-21/h5-8,14H,4,9-13,19H2,1-3H3,(H,20,22). The number of nitrogens with zero attached hydrogens (tertiary/aromatic N) is 1. The van der Waals surface area contributed by atoms with Crippen molar-refractivity contribution in [1.29, 1.82) is 0 Å². The highest BCUT2D eigenvalue weighted by molar-refractivity contribution is 5.92. The Labute approximate surface area is 134 Å². The molecule has 0 bridgehead atoms. The molecule has 0 radical (unpaired) electrons. The average Bonchev–Trinajstić information content (AvgIpc) is 2.89. The van der Waals surface area contributed by atoms with E-state index >= 15 is 0 Å². The summed E-state index contributed by atoms with van der Waals surface area (Å²) in [5, 5.41) is 2.99. The largest absolute Gasteiger partial charge is 0.330 e. The van der Waals surface area contributed by atoms with Crippen molar-refractivity contribution in [2.24, 2.45) is 11.1 Å². The molecule has 0 spiro atoms. The monoisotopic (exact) mass is 303 g/mol. The number of amides is 1. The van der Waals surface area contributed by atoms with Crippen LogP contribution in [0.4, 0.5) is 5.69 Å². The van der Waals surface area contributed by atoms with E-state index in [1.807, 2.05) is 12.1 Å². The lowest BCUT2D eigenvalue weighted by Crippen LogP contribution is -2.35. The van der Waals surface area contributed by atoms with Crippen molar-refractivity contribution in [1.82, 2.24) is 4.90 Å². The number of hydrogen-bond donors (Lipinski definition) is 2. The molecule has 0 saturated carbocycles. The molecule has 1 fully saturated rings. The maximum atomic E-state index is 12.2. The van der Waals surface area contributed by atoms with E-state index in [1.165, 1.54) is 5.56 Å². The summed E-state index contributed by atoms with van der Waals surface area (Å²) in [5.41, 5.74) is 8.16. The van der Waals surface area contributed by atoms with Crippen LogP contribution >= 0.6 is 0 Å². The molecule has 2 unspecified atom stereocenters. The molecule has 4 nitrogen and oxygen atoms in total. The van der Waals surface area contributed by atoms with Crippen LogP contribution in [-0.2, 0) is 4.79 Å². The molecule has 1 aliphatic rings. The fourth-order valence-electron chi connectivity index (χ4n) is 2.96. The van der Waals surface area contributed by atoms with Gasteiger partial charge in [-0.25, -0.2) is 0 Å². The van der Waals surface area contributed by atoms with Crippen LogP contribution < -0.4 is 11.1 Å². The van der Waals surface area contributed by atoms with Crippen LogP contribution in [0.5, 0.6) is 0 Å². The molecule has 2 atom stereocenters. The third kappa shape index (κ3) is 4.31. The Morgan fingerprint density at radius 3 is 2.64 bits per heavy atom. The average molecular weight is 303 g/mol. The van der Waals surface area contributed by atoms with Crippen molar-refractivity contribution >= 4 is 11.6 Å². The molecule has 1 aliphatic heterocycles. The first-order valence-electron chi connectivity index (χ1n) is 8.28. The van der Waals surface area contributed by atoms with Crippen LogP contribution in [0.15, 0.2) is 24.3 Å². The van der Waals surface area contributed by atoms with Gasteiger partial charge < -0.3 is 11.1 Å².